The summed E-state index contributed by atoms with van der Waals surface area (Å²) < 4.78 is 0. The Bertz CT molecular complexity index is 172. The molecule has 0 aliphatic heterocycles. The Morgan fingerprint density at radius 2 is 1.80 bits per heavy atom. The van der Waals surface area contributed by atoms with Crippen LogP contribution < -0.4 is 0 Å². The monoisotopic (exact) mass is 130 g/mol. The van der Waals surface area contributed by atoms with Gasteiger partial charge in [0.25, 0.3) is 0 Å². The maximum atomic E-state index is 5.15. The molecule has 0 unspecified atom stereocenters. The summed E-state index contributed by atoms with van der Waals surface area (Å²) in [5, 5.41) is 0. The molecule has 10 heavy (non-hydrogen) atoms. The number of hydrogen-bond acceptors (Lipinski definition) is 0. The van der Waals surface area contributed by atoms with Crippen molar-refractivity contribution in [2.24, 2.45) is 0 Å². The van der Waals surface area contributed by atoms with Crippen molar-refractivity contribution in [3.8, 4) is 23.7 Å². The highest BCUT2D eigenvalue weighted by Gasteiger charge is 1.68. The Kier molecular flexibility index (Phi) is 7.52. The zero-order chi connectivity index (χ0) is 7.66. The van der Waals surface area contributed by atoms with Gasteiger partial charge in [-0.25, -0.2) is 0 Å². The molecular formula is C9H11B. The quantitative estimate of drug-likeness (QED) is 0.374. The van der Waals surface area contributed by atoms with Crippen molar-refractivity contribution in [2.45, 2.75) is 32.5 Å². The smallest absolute Gasteiger partial charge is 0.0827 e. The van der Waals surface area contributed by atoms with E-state index in [4.69, 9.17) is 7.85 Å². The third kappa shape index (κ3) is 7.18. The molecule has 0 nitrogen and oxygen atoms in total. The Hall–Kier alpha value is -0.815. The van der Waals surface area contributed by atoms with Gasteiger partial charge >= 0.3 is 0 Å². The molecule has 0 spiro atoms. The first-order valence-corrected chi connectivity index (χ1v) is 3.53. The second kappa shape index (κ2) is 8.18. The van der Waals surface area contributed by atoms with Crippen molar-refractivity contribution < 1.29 is 0 Å². The van der Waals surface area contributed by atoms with E-state index in [1.165, 1.54) is 0 Å². The molecule has 0 aromatic carbocycles. The van der Waals surface area contributed by atoms with Crippen LogP contribution >= 0.6 is 0 Å². The molecule has 0 aliphatic rings. The largest absolute Gasteiger partial charge is 0.112 e. The molecule has 0 fully saturated rings. The number of hydrogen-bond donors (Lipinski definition) is 0. The van der Waals surface area contributed by atoms with Crippen molar-refractivity contribution in [3.05, 3.63) is 0 Å². The van der Waals surface area contributed by atoms with Gasteiger partial charge in [-0.05, 0) is 12.7 Å². The lowest BCUT2D eigenvalue weighted by Crippen LogP contribution is -1.64. The molecular weight excluding hydrogens is 119 g/mol. The van der Waals surface area contributed by atoms with Crippen LogP contribution in [-0.2, 0) is 0 Å². The summed E-state index contributed by atoms with van der Waals surface area (Å²) >= 11 is 0. The molecule has 0 N–H and O–H groups in total. The summed E-state index contributed by atoms with van der Waals surface area (Å²) in [6.07, 6.45) is 3.20. The van der Waals surface area contributed by atoms with Gasteiger partial charge in [-0.15, -0.1) is 11.8 Å². The molecule has 0 aromatic heterocycles. The normalized spacial score (nSPS) is 6.90. The van der Waals surface area contributed by atoms with E-state index >= 15 is 0 Å². The second-order valence-corrected chi connectivity index (χ2v) is 1.84. The number of rotatable bonds is 1. The van der Waals surface area contributed by atoms with Crippen molar-refractivity contribution in [2.75, 3.05) is 0 Å². The molecule has 0 aliphatic carbocycles. The summed E-state index contributed by atoms with van der Waals surface area (Å²) in [6, 6.07) is 0. The van der Waals surface area contributed by atoms with Gasteiger partial charge in [0.15, 0.2) is 0 Å². The van der Waals surface area contributed by atoms with E-state index in [0.717, 1.165) is 12.8 Å². The van der Waals surface area contributed by atoms with Gasteiger partial charge in [0.2, 0.25) is 0 Å². The zero-order valence-electron chi connectivity index (χ0n) is 6.41. The summed E-state index contributed by atoms with van der Waals surface area (Å²) in [6.45, 7) is 2.11. The minimum atomic E-state index is 0.440. The fraction of sp³-hybridized carbons (Fsp3) is 0.556. The van der Waals surface area contributed by atoms with Gasteiger partial charge in [-0.2, -0.15) is 0 Å². The minimum absolute atomic E-state index is 0.440. The molecule has 1 heteroatoms. The van der Waals surface area contributed by atoms with Crippen molar-refractivity contribution in [3.63, 3.8) is 0 Å². The standard InChI is InChI=1S/C9H11B/c1-2-3-4-5-6-7-8-9-10/h2-3,6,9H2,1H3. The topological polar surface area (TPSA) is 0 Å². The van der Waals surface area contributed by atoms with Crippen LogP contribution in [0, 0.1) is 23.7 Å². The molecule has 0 bridgehead atoms. The predicted molar refractivity (Wildman–Crippen MR) is 45.6 cm³/mol. The van der Waals surface area contributed by atoms with Gasteiger partial charge in [-0.1, -0.05) is 18.8 Å². The van der Waals surface area contributed by atoms with Crippen LogP contribution in [0.25, 0.3) is 0 Å². The van der Waals surface area contributed by atoms with E-state index in [9.17, 15) is 0 Å². The Balaban J connectivity index is 3.28. The molecule has 2 radical (unpaired) electrons. The molecule has 0 aromatic rings. The average molecular weight is 130 g/mol. The lowest BCUT2D eigenvalue weighted by Gasteiger charge is -1.75. The van der Waals surface area contributed by atoms with E-state index in [-0.39, 0.29) is 0 Å². The van der Waals surface area contributed by atoms with E-state index in [1.54, 1.807) is 0 Å². The average Bonchev–Trinajstić information content (AvgIpc) is 1.97. The molecule has 0 saturated heterocycles. The molecule has 0 saturated carbocycles. The highest BCUT2D eigenvalue weighted by Crippen LogP contribution is 1.81. The highest BCUT2D eigenvalue weighted by atomic mass is 13.7. The predicted octanol–water partition coefficient (Wildman–Crippen LogP) is 1.77. The zero-order valence-corrected chi connectivity index (χ0v) is 6.41. The fourth-order valence-electron chi connectivity index (χ4n) is 0.455. The molecule has 0 atom stereocenters. The Morgan fingerprint density at radius 3 is 2.40 bits per heavy atom. The van der Waals surface area contributed by atoms with Crippen LogP contribution in [0.1, 0.15) is 26.2 Å². The van der Waals surface area contributed by atoms with E-state index < -0.39 is 0 Å². The van der Waals surface area contributed by atoms with Crippen molar-refractivity contribution in [1.82, 2.24) is 0 Å². The summed E-state index contributed by atoms with van der Waals surface area (Å²) in [5.74, 6) is 11.5. The Labute approximate surface area is 64.8 Å². The first-order chi connectivity index (χ1) is 4.91. The van der Waals surface area contributed by atoms with E-state index in [1.807, 2.05) is 0 Å². The van der Waals surface area contributed by atoms with Crippen LogP contribution in [0.2, 0.25) is 6.32 Å². The SMILES string of the molecule is [B]CC#CCC#CCCC. The van der Waals surface area contributed by atoms with Crippen LogP contribution in [0.15, 0.2) is 0 Å². The lowest BCUT2D eigenvalue weighted by atomic mass is 10.1. The van der Waals surface area contributed by atoms with Crippen molar-refractivity contribution >= 4 is 7.85 Å². The van der Waals surface area contributed by atoms with E-state index in [2.05, 4.69) is 30.6 Å². The summed E-state index contributed by atoms with van der Waals surface area (Å²) in [5.41, 5.74) is 0. The first-order valence-electron chi connectivity index (χ1n) is 3.53. The third-order valence-corrected chi connectivity index (χ3v) is 0.904. The molecule has 0 heterocycles. The van der Waals surface area contributed by atoms with Gasteiger partial charge in [0, 0.05) is 6.42 Å². The van der Waals surface area contributed by atoms with Gasteiger partial charge in [0.1, 0.15) is 0 Å². The van der Waals surface area contributed by atoms with Crippen molar-refractivity contribution in [1.29, 1.82) is 0 Å². The van der Waals surface area contributed by atoms with Crippen LogP contribution in [0.3, 0.4) is 0 Å². The number of unbranched alkanes of at least 4 members (excludes halogenated alkanes) is 1. The fourth-order valence-corrected chi connectivity index (χ4v) is 0.455. The third-order valence-electron chi connectivity index (χ3n) is 0.904. The maximum absolute atomic E-state index is 5.15. The molecule has 0 rings (SSSR count). The van der Waals surface area contributed by atoms with Gasteiger partial charge in [0.05, 0.1) is 14.3 Å². The van der Waals surface area contributed by atoms with Gasteiger partial charge < -0.3 is 0 Å². The van der Waals surface area contributed by atoms with E-state index in [0.29, 0.717) is 12.7 Å². The van der Waals surface area contributed by atoms with Crippen LogP contribution in [0.4, 0.5) is 0 Å². The van der Waals surface area contributed by atoms with Crippen LogP contribution in [0.5, 0.6) is 0 Å². The molecule has 0 amide bonds. The first kappa shape index (κ1) is 9.18. The maximum Gasteiger partial charge on any atom is 0.0827 e. The van der Waals surface area contributed by atoms with Crippen LogP contribution in [-0.4, -0.2) is 7.85 Å². The Morgan fingerprint density at radius 1 is 1.10 bits per heavy atom. The summed E-state index contributed by atoms with van der Waals surface area (Å²) in [7, 11) is 5.15. The van der Waals surface area contributed by atoms with Gasteiger partial charge in [-0.3, -0.25) is 0 Å². The summed E-state index contributed by atoms with van der Waals surface area (Å²) in [4.78, 5) is 0. The lowest BCUT2D eigenvalue weighted by molar-refractivity contribution is 0.982. The highest BCUT2D eigenvalue weighted by molar-refractivity contribution is 6.10. The minimum Gasteiger partial charge on any atom is -0.112 e. The molecule has 50 valence electrons. The second-order valence-electron chi connectivity index (χ2n) is 1.84.